The molecule has 0 saturated carbocycles. The second-order valence-electron chi connectivity index (χ2n) is 9.71. The van der Waals surface area contributed by atoms with E-state index in [0.29, 0.717) is 18.6 Å². The molecule has 182 valence electrons. The molecule has 0 spiro atoms. The zero-order chi connectivity index (χ0) is 24.6. The molecule has 8 nitrogen and oxygen atoms in total. The van der Waals surface area contributed by atoms with Gasteiger partial charge in [-0.3, -0.25) is 4.79 Å². The lowest BCUT2D eigenvalue weighted by Crippen LogP contribution is -2.47. The fraction of sp³-hybridized carbons (Fsp3) is 0.667. The van der Waals surface area contributed by atoms with Crippen LogP contribution in [0, 0.1) is 17.8 Å². The van der Waals surface area contributed by atoms with Crippen LogP contribution in [-0.2, 0) is 16.0 Å². The van der Waals surface area contributed by atoms with Crippen molar-refractivity contribution in [3.8, 4) is 11.5 Å². The molecule has 0 aromatic heterocycles. The quantitative estimate of drug-likeness (QED) is 0.399. The number of carbonyl (C=O) groups excluding carboxylic acids is 1. The van der Waals surface area contributed by atoms with Crippen LogP contribution in [0.15, 0.2) is 18.2 Å². The number of phenols is 1. The van der Waals surface area contributed by atoms with Crippen LogP contribution in [0.4, 0.5) is 4.79 Å². The van der Waals surface area contributed by atoms with Crippen LogP contribution in [0.25, 0.3) is 0 Å². The number of amides is 1. The summed E-state index contributed by atoms with van der Waals surface area (Å²) >= 11 is 0. The fourth-order valence-corrected chi connectivity index (χ4v) is 3.57. The molecule has 0 heterocycles. The van der Waals surface area contributed by atoms with Gasteiger partial charge < -0.3 is 30.1 Å². The molecule has 1 aromatic carbocycles. The van der Waals surface area contributed by atoms with Crippen molar-refractivity contribution in [3.05, 3.63) is 23.8 Å². The highest BCUT2D eigenvalue weighted by Crippen LogP contribution is 2.34. The Bertz CT molecular complexity index is 757. The number of benzene rings is 1. The van der Waals surface area contributed by atoms with Crippen LogP contribution in [0.2, 0.25) is 0 Å². The van der Waals surface area contributed by atoms with Gasteiger partial charge in [0.1, 0.15) is 5.60 Å². The van der Waals surface area contributed by atoms with Crippen molar-refractivity contribution in [2.45, 2.75) is 78.6 Å². The Balaban J connectivity index is 3.12. The van der Waals surface area contributed by atoms with Gasteiger partial charge in [0.15, 0.2) is 11.5 Å². The standard InChI is InChI=1S/C24H39NO7/c1-14(2)17(12-16-9-8-10-19(26)21(16)31-7)13-18(20(27)11-15(3)22(28)29)25-23(30)32-24(4,5)6/h8-10,14-15,17-18,20,26-27H,11-13H2,1-7H3,(H,25,30)(H,28,29)/t15-,17+,18+,20+/m1/s1. The van der Waals surface area contributed by atoms with Gasteiger partial charge in [-0.2, -0.15) is 0 Å². The Labute approximate surface area is 190 Å². The van der Waals surface area contributed by atoms with E-state index in [-0.39, 0.29) is 24.0 Å². The first-order chi connectivity index (χ1) is 14.7. The predicted molar refractivity (Wildman–Crippen MR) is 122 cm³/mol. The third kappa shape index (κ3) is 8.94. The molecule has 0 bridgehead atoms. The normalized spacial score (nSPS) is 15.5. The van der Waals surface area contributed by atoms with Gasteiger partial charge >= 0.3 is 12.1 Å². The van der Waals surface area contributed by atoms with E-state index in [1.54, 1.807) is 32.9 Å². The average Bonchev–Trinajstić information content (AvgIpc) is 2.65. The van der Waals surface area contributed by atoms with Crippen molar-refractivity contribution < 1.29 is 34.4 Å². The first-order valence-electron chi connectivity index (χ1n) is 11.0. The molecule has 1 amide bonds. The fourth-order valence-electron chi connectivity index (χ4n) is 3.57. The summed E-state index contributed by atoms with van der Waals surface area (Å²) < 4.78 is 10.7. The van der Waals surface area contributed by atoms with E-state index < -0.39 is 35.7 Å². The van der Waals surface area contributed by atoms with Gasteiger partial charge in [0, 0.05) is 0 Å². The number of aliphatic carboxylic acids is 1. The van der Waals surface area contributed by atoms with E-state index in [9.17, 15) is 24.9 Å². The number of carbonyl (C=O) groups is 2. The highest BCUT2D eigenvalue weighted by Gasteiger charge is 2.31. The van der Waals surface area contributed by atoms with Gasteiger partial charge in [-0.15, -0.1) is 0 Å². The second-order valence-corrected chi connectivity index (χ2v) is 9.71. The van der Waals surface area contributed by atoms with E-state index >= 15 is 0 Å². The number of rotatable bonds is 11. The molecule has 32 heavy (non-hydrogen) atoms. The number of hydrogen-bond acceptors (Lipinski definition) is 6. The average molecular weight is 454 g/mol. The number of alkyl carbamates (subject to hydrolysis) is 1. The molecular formula is C24H39NO7. The Kier molecular flexibility index (Phi) is 10.3. The topological polar surface area (TPSA) is 125 Å². The summed E-state index contributed by atoms with van der Waals surface area (Å²) in [5.41, 5.74) is 0.107. The van der Waals surface area contributed by atoms with Gasteiger partial charge in [-0.05, 0) is 63.5 Å². The van der Waals surface area contributed by atoms with Gasteiger partial charge in [0.2, 0.25) is 0 Å². The van der Waals surface area contributed by atoms with Crippen LogP contribution in [0.1, 0.15) is 59.9 Å². The number of aromatic hydroxyl groups is 1. The van der Waals surface area contributed by atoms with E-state index in [4.69, 9.17) is 9.47 Å². The summed E-state index contributed by atoms with van der Waals surface area (Å²) in [5, 5.41) is 32.9. The minimum absolute atomic E-state index is 0.000390. The summed E-state index contributed by atoms with van der Waals surface area (Å²) in [6.45, 7) is 10.8. The molecule has 4 N–H and O–H groups in total. The van der Waals surface area contributed by atoms with Crippen molar-refractivity contribution in [3.63, 3.8) is 0 Å². The zero-order valence-corrected chi connectivity index (χ0v) is 20.2. The highest BCUT2D eigenvalue weighted by atomic mass is 16.6. The number of hydrogen-bond donors (Lipinski definition) is 4. The number of nitrogens with one attached hydrogen (secondary N) is 1. The summed E-state index contributed by atoms with van der Waals surface area (Å²) in [6, 6.07) is 4.45. The zero-order valence-electron chi connectivity index (χ0n) is 20.2. The minimum Gasteiger partial charge on any atom is -0.504 e. The lowest BCUT2D eigenvalue weighted by molar-refractivity contribution is -0.142. The molecule has 0 radical (unpaired) electrons. The van der Waals surface area contributed by atoms with Gasteiger partial charge in [-0.1, -0.05) is 32.9 Å². The van der Waals surface area contributed by atoms with E-state index in [1.165, 1.54) is 14.0 Å². The Morgan fingerprint density at radius 1 is 1.12 bits per heavy atom. The first-order valence-corrected chi connectivity index (χ1v) is 11.0. The van der Waals surface area contributed by atoms with Crippen LogP contribution >= 0.6 is 0 Å². The van der Waals surface area contributed by atoms with Crippen molar-refractivity contribution in [1.29, 1.82) is 0 Å². The third-order valence-electron chi connectivity index (χ3n) is 5.44. The van der Waals surface area contributed by atoms with Crippen molar-refractivity contribution in [2.24, 2.45) is 17.8 Å². The number of para-hydroxylation sites is 1. The maximum absolute atomic E-state index is 12.4. The maximum Gasteiger partial charge on any atom is 0.407 e. The number of aliphatic hydroxyl groups excluding tert-OH is 1. The highest BCUT2D eigenvalue weighted by molar-refractivity contribution is 5.70. The molecule has 4 atom stereocenters. The Morgan fingerprint density at radius 3 is 2.25 bits per heavy atom. The van der Waals surface area contributed by atoms with E-state index in [0.717, 1.165) is 5.56 Å². The number of ether oxygens (including phenoxy) is 2. The molecule has 8 heteroatoms. The number of aliphatic hydroxyl groups is 1. The molecule has 0 unspecified atom stereocenters. The molecule has 0 saturated heterocycles. The third-order valence-corrected chi connectivity index (χ3v) is 5.44. The summed E-state index contributed by atoms with van der Waals surface area (Å²) in [6.07, 6.45) is -0.801. The molecule has 1 rings (SSSR count). The monoisotopic (exact) mass is 453 g/mol. The first kappa shape index (κ1) is 27.6. The molecule has 1 aromatic rings. The molecular weight excluding hydrogens is 414 g/mol. The largest absolute Gasteiger partial charge is 0.504 e. The van der Waals surface area contributed by atoms with Crippen molar-refractivity contribution in [1.82, 2.24) is 5.32 Å². The maximum atomic E-state index is 12.4. The lowest BCUT2D eigenvalue weighted by atomic mass is 9.81. The number of carboxylic acids is 1. The number of phenolic OH excluding ortho intramolecular Hbond substituents is 1. The molecule has 0 aliphatic rings. The van der Waals surface area contributed by atoms with Gasteiger partial charge in [-0.25, -0.2) is 4.79 Å². The van der Waals surface area contributed by atoms with Gasteiger partial charge in [0.05, 0.1) is 25.2 Å². The number of carboxylic acid groups (broad SMARTS) is 1. The smallest absolute Gasteiger partial charge is 0.407 e. The Morgan fingerprint density at radius 2 is 1.75 bits per heavy atom. The summed E-state index contributed by atoms with van der Waals surface area (Å²) in [5.74, 6) is -1.16. The summed E-state index contributed by atoms with van der Waals surface area (Å²) in [7, 11) is 1.49. The van der Waals surface area contributed by atoms with E-state index in [1.807, 2.05) is 19.9 Å². The van der Waals surface area contributed by atoms with Crippen LogP contribution in [0.3, 0.4) is 0 Å². The van der Waals surface area contributed by atoms with Crippen LogP contribution in [0.5, 0.6) is 11.5 Å². The SMILES string of the molecule is COc1c(O)cccc1C[C@@H](C[C@H](NC(=O)OC(C)(C)C)[C@@H](O)C[C@@H](C)C(=O)O)C(C)C. The van der Waals surface area contributed by atoms with Crippen molar-refractivity contribution in [2.75, 3.05) is 7.11 Å². The lowest BCUT2D eigenvalue weighted by Gasteiger charge is -2.32. The van der Waals surface area contributed by atoms with Crippen LogP contribution < -0.4 is 10.1 Å². The predicted octanol–water partition coefficient (Wildman–Crippen LogP) is 3.97. The second kappa shape index (κ2) is 11.9. The Hall–Kier alpha value is -2.48. The number of methoxy groups -OCH3 is 1. The van der Waals surface area contributed by atoms with Crippen LogP contribution in [-0.4, -0.2) is 52.2 Å². The minimum atomic E-state index is -1.07. The molecule has 0 fully saturated rings. The molecule has 0 aliphatic carbocycles. The van der Waals surface area contributed by atoms with E-state index in [2.05, 4.69) is 5.32 Å². The van der Waals surface area contributed by atoms with Gasteiger partial charge in [0.25, 0.3) is 0 Å². The molecule has 0 aliphatic heterocycles. The summed E-state index contributed by atoms with van der Waals surface area (Å²) in [4.78, 5) is 23.7. The van der Waals surface area contributed by atoms with Crippen molar-refractivity contribution >= 4 is 12.1 Å².